The van der Waals surface area contributed by atoms with Gasteiger partial charge < -0.3 is 15.1 Å². The molecule has 0 aliphatic carbocycles. The molecule has 3 heterocycles. The van der Waals surface area contributed by atoms with E-state index in [0.717, 1.165) is 42.8 Å². The molecule has 0 saturated carbocycles. The maximum Gasteiger partial charge on any atom is 0.234 e. The number of likely N-dealkylation sites (N-methyl/N-ethyl adjacent to an activating group) is 1. The lowest BCUT2D eigenvalue weighted by Gasteiger charge is -2.32. The molecule has 33 heavy (non-hydrogen) atoms. The molecule has 0 spiro atoms. The van der Waals surface area contributed by atoms with Gasteiger partial charge >= 0.3 is 0 Å². The molecule has 1 saturated heterocycles. The predicted molar refractivity (Wildman–Crippen MR) is 133 cm³/mol. The Morgan fingerprint density at radius 2 is 1.79 bits per heavy atom. The Morgan fingerprint density at radius 3 is 2.48 bits per heavy atom. The summed E-state index contributed by atoms with van der Waals surface area (Å²) in [6.45, 7) is 7.96. The summed E-state index contributed by atoms with van der Waals surface area (Å²) < 4.78 is 27.7. The van der Waals surface area contributed by atoms with E-state index in [1.807, 2.05) is 12.1 Å². The van der Waals surface area contributed by atoms with Gasteiger partial charge in [0.1, 0.15) is 5.82 Å². The Morgan fingerprint density at radius 1 is 1.06 bits per heavy atom. The van der Waals surface area contributed by atoms with Crippen LogP contribution in [0.2, 0.25) is 0 Å². The third-order valence-electron chi connectivity index (χ3n) is 5.68. The van der Waals surface area contributed by atoms with Crippen molar-refractivity contribution in [2.24, 2.45) is 0 Å². The van der Waals surface area contributed by atoms with Crippen LogP contribution in [-0.2, 0) is 10.0 Å². The summed E-state index contributed by atoms with van der Waals surface area (Å²) in [5.74, 6) is 1.45. The lowest BCUT2D eigenvalue weighted by Crippen LogP contribution is -2.45. The van der Waals surface area contributed by atoms with Crippen molar-refractivity contribution in [1.82, 2.24) is 19.9 Å². The van der Waals surface area contributed by atoms with Crippen molar-refractivity contribution in [1.29, 1.82) is 0 Å². The number of aromatic nitrogens is 3. The fourth-order valence-electron chi connectivity index (χ4n) is 3.67. The van der Waals surface area contributed by atoms with Gasteiger partial charge in [-0.15, -0.1) is 0 Å². The van der Waals surface area contributed by atoms with Crippen LogP contribution in [0.4, 0.5) is 17.5 Å². The highest BCUT2D eigenvalue weighted by molar-refractivity contribution is 7.92. The average molecular weight is 470 g/mol. The first-order valence-corrected chi connectivity index (χ1v) is 12.9. The van der Waals surface area contributed by atoms with E-state index < -0.39 is 10.0 Å². The van der Waals surface area contributed by atoms with E-state index in [1.54, 1.807) is 30.5 Å². The molecule has 1 aliphatic rings. The number of fused-ring (bicyclic) bond motifs is 1. The molecule has 10 heteroatoms. The van der Waals surface area contributed by atoms with Crippen LogP contribution < -0.4 is 14.9 Å². The molecule has 0 amide bonds. The second kappa shape index (κ2) is 9.88. The molecule has 0 bridgehead atoms. The Labute approximate surface area is 195 Å². The average Bonchev–Trinajstić information content (AvgIpc) is 2.79. The fourth-order valence-corrected chi connectivity index (χ4v) is 4.64. The zero-order valence-electron chi connectivity index (χ0n) is 19.3. The molecule has 4 rings (SSSR count). The highest BCUT2D eigenvalue weighted by Gasteiger charge is 2.19. The minimum Gasteiger partial charge on any atom is -0.368 e. The maximum atomic E-state index is 12.5. The van der Waals surface area contributed by atoms with Crippen LogP contribution in [0.5, 0.6) is 0 Å². The Hall–Kier alpha value is -2.98. The van der Waals surface area contributed by atoms with Crippen molar-refractivity contribution in [3.63, 3.8) is 0 Å². The lowest BCUT2D eigenvalue weighted by atomic mass is 10.1. The highest BCUT2D eigenvalue weighted by atomic mass is 32.2. The number of hydrogen-bond acceptors (Lipinski definition) is 8. The first-order chi connectivity index (χ1) is 15.8. The molecule has 0 radical (unpaired) electrons. The molecule has 2 aromatic heterocycles. The minimum absolute atomic E-state index is 0.0840. The minimum atomic E-state index is -3.50. The van der Waals surface area contributed by atoms with E-state index in [-0.39, 0.29) is 18.2 Å². The van der Waals surface area contributed by atoms with Gasteiger partial charge in [-0.3, -0.25) is 9.71 Å². The van der Waals surface area contributed by atoms with E-state index in [1.165, 1.54) is 0 Å². The van der Waals surface area contributed by atoms with Crippen LogP contribution in [0.1, 0.15) is 25.5 Å². The second-order valence-corrected chi connectivity index (χ2v) is 10.5. The van der Waals surface area contributed by atoms with Crippen molar-refractivity contribution in [2.75, 3.05) is 60.5 Å². The molecule has 1 aliphatic heterocycles. The monoisotopic (exact) mass is 469 g/mol. The van der Waals surface area contributed by atoms with Crippen LogP contribution in [-0.4, -0.2) is 73.8 Å². The highest BCUT2D eigenvalue weighted by Crippen LogP contribution is 2.26. The number of hydrogen-bond donors (Lipinski definition) is 2. The molecule has 1 fully saturated rings. The zero-order chi connectivity index (χ0) is 23.4. The normalized spacial score (nSPS) is 15.2. The number of rotatable bonds is 8. The van der Waals surface area contributed by atoms with Gasteiger partial charge in [-0.1, -0.05) is 32.0 Å². The van der Waals surface area contributed by atoms with Gasteiger partial charge in [0.05, 0.1) is 17.5 Å². The van der Waals surface area contributed by atoms with Crippen LogP contribution in [0, 0.1) is 0 Å². The van der Waals surface area contributed by atoms with Crippen molar-refractivity contribution >= 4 is 38.4 Å². The number of para-hydroxylation sites is 1. The smallest absolute Gasteiger partial charge is 0.234 e. The number of piperazine rings is 1. The number of benzene rings is 1. The number of nitrogens with zero attached hydrogens (tertiary/aromatic N) is 5. The third-order valence-corrected chi connectivity index (χ3v) is 6.97. The Kier molecular flexibility index (Phi) is 6.94. The third kappa shape index (κ3) is 5.88. The summed E-state index contributed by atoms with van der Waals surface area (Å²) >= 11 is 0. The number of pyridine rings is 1. The number of anilines is 3. The molecule has 0 unspecified atom stereocenters. The van der Waals surface area contributed by atoms with Crippen LogP contribution in [0.25, 0.3) is 10.9 Å². The quantitative estimate of drug-likeness (QED) is 0.519. The SMILES string of the molecule is CC(C)c1cc2c(NCCS(=O)(=O)Nc3ccccc3)nc(N3CCN(C)CC3)nc2cn1. The van der Waals surface area contributed by atoms with Gasteiger partial charge in [0, 0.05) is 49.5 Å². The molecule has 1 aromatic carbocycles. The van der Waals surface area contributed by atoms with Crippen LogP contribution in [0.15, 0.2) is 42.6 Å². The van der Waals surface area contributed by atoms with Crippen molar-refractivity contribution < 1.29 is 8.42 Å². The standard InChI is InChI=1S/C23H31N7O2S/c1-17(2)20-15-19-21(16-25-20)26-23(30-12-10-29(3)11-13-30)27-22(19)24-9-14-33(31,32)28-18-7-5-4-6-8-18/h4-8,15-17,28H,9-14H2,1-3H3,(H,24,26,27). The lowest BCUT2D eigenvalue weighted by molar-refractivity contribution is 0.311. The predicted octanol–water partition coefficient (Wildman–Crippen LogP) is 2.75. The van der Waals surface area contributed by atoms with Crippen molar-refractivity contribution in [3.05, 3.63) is 48.3 Å². The van der Waals surface area contributed by atoms with Gasteiger partial charge in [0.2, 0.25) is 16.0 Å². The zero-order valence-corrected chi connectivity index (χ0v) is 20.1. The largest absolute Gasteiger partial charge is 0.368 e. The first kappa shape index (κ1) is 23.2. The van der Waals surface area contributed by atoms with Gasteiger partial charge in [-0.2, -0.15) is 4.98 Å². The number of sulfonamides is 1. The first-order valence-electron chi connectivity index (χ1n) is 11.2. The van der Waals surface area contributed by atoms with Gasteiger partial charge in [-0.05, 0) is 31.2 Å². The molecular weight excluding hydrogens is 438 g/mol. The molecule has 3 aromatic rings. The van der Waals surface area contributed by atoms with Crippen LogP contribution in [0.3, 0.4) is 0 Å². The van der Waals surface area contributed by atoms with Gasteiger partial charge in [0.25, 0.3) is 0 Å². The summed E-state index contributed by atoms with van der Waals surface area (Å²) in [6, 6.07) is 10.9. The molecule has 176 valence electrons. The summed E-state index contributed by atoms with van der Waals surface area (Å²) in [6.07, 6.45) is 1.78. The fraction of sp³-hybridized carbons (Fsp3) is 0.435. The summed E-state index contributed by atoms with van der Waals surface area (Å²) in [4.78, 5) is 18.6. The summed E-state index contributed by atoms with van der Waals surface area (Å²) in [5.41, 5.74) is 2.24. The maximum absolute atomic E-state index is 12.5. The van der Waals surface area contributed by atoms with E-state index in [0.29, 0.717) is 17.5 Å². The van der Waals surface area contributed by atoms with Crippen molar-refractivity contribution in [3.8, 4) is 0 Å². The van der Waals surface area contributed by atoms with Gasteiger partial charge in [0.15, 0.2) is 0 Å². The Bertz CT molecular complexity index is 1190. The van der Waals surface area contributed by atoms with E-state index in [4.69, 9.17) is 9.97 Å². The topological polar surface area (TPSA) is 103 Å². The summed E-state index contributed by atoms with van der Waals surface area (Å²) in [5, 5.41) is 4.10. The van der Waals surface area contributed by atoms with E-state index in [2.05, 4.69) is 45.7 Å². The second-order valence-electron chi connectivity index (χ2n) is 8.66. The van der Waals surface area contributed by atoms with Gasteiger partial charge in [-0.25, -0.2) is 13.4 Å². The molecule has 0 atom stereocenters. The van der Waals surface area contributed by atoms with Crippen LogP contribution >= 0.6 is 0 Å². The molecule has 2 N–H and O–H groups in total. The van der Waals surface area contributed by atoms with E-state index >= 15 is 0 Å². The van der Waals surface area contributed by atoms with Crippen molar-refractivity contribution in [2.45, 2.75) is 19.8 Å². The number of nitrogens with one attached hydrogen (secondary N) is 2. The molecular formula is C23H31N7O2S. The van der Waals surface area contributed by atoms with E-state index in [9.17, 15) is 8.42 Å². The summed E-state index contributed by atoms with van der Waals surface area (Å²) in [7, 11) is -1.40. The Balaban J connectivity index is 1.56. The molecule has 9 nitrogen and oxygen atoms in total.